The predicted molar refractivity (Wildman–Crippen MR) is 149 cm³/mol. The third-order valence-corrected chi connectivity index (χ3v) is 9.29. The van der Waals surface area contributed by atoms with Gasteiger partial charge in [0.2, 0.25) is 5.91 Å². The van der Waals surface area contributed by atoms with Crippen LogP contribution in [0.15, 0.2) is 48.5 Å². The van der Waals surface area contributed by atoms with E-state index < -0.39 is 0 Å². The molecule has 0 bridgehead atoms. The molecule has 1 aliphatic heterocycles. The molecule has 0 saturated carbocycles. The monoisotopic (exact) mass is 554 g/mol. The number of hydrogen-bond acceptors (Lipinski definition) is 6. The quantitative estimate of drug-likeness (QED) is 0.338. The van der Waals surface area contributed by atoms with Crippen molar-refractivity contribution < 1.29 is 19.1 Å². The molecule has 2 heterocycles. The first-order chi connectivity index (χ1) is 17.9. The Labute approximate surface area is 229 Å². The van der Waals surface area contributed by atoms with Crippen LogP contribution in [-0.2, 0) is 28.9 Å². The number of hydrogen-bond donors (Lipinski definition) is 1. The van der Waals surface area contributed by atoms with Crippen molar-refractivity contribution in [3.63, 3.8) is 0 Å². The topological polar surface area (TPSA) is 75.7 Å². The number of carbonyl (C=O) groups is 3. The average molecular weight is 555 g/mol. The maximum absolute atomic E-state index is 13.1. The summed E-state index contributed by atoms with van der Waals surface area (Å²) in [7, 11) is 0. The molecule has 1 atom stereocenters. The fourth-order valence-electron chi connectivity index (χ4n) is 4.74. The summed E-state index contributed by atoms with van der Waals surface area (Å²) in [4.78, 5) is 41.5. The van der Waals surface area contributed by atoms with E-state index in [0.717, 1.165) is 47.3 Å². The lowest BCUT2D eigenvalue weighted by Gasteiger charge is -2.24. The van der Waals surface area contributed by atoms with Gasteiger partial charge in [-0.25, -0.2) is 4.79 Å². The van der Waals surface area contributed by atoms with E-state index in [0.29, 0.717) is 33.4 Å². The summed E-state index contributed by atoms with van der Waals surface area (Å²) in [5, 5.41) is 4.06. The van der Waals surface area contributed by atoms with Crippen LogP contribution < -0.4 is 5.32 Å². The first-order valence-electron chi connectivity index (χ1n) is 12.3. The minimum absolute atomic E-state index is 0.0833. The van der Waals surface area contributed by atoms with E-state index in [1.54, 1.807) is 30.8 Å². The van der Waals surface area contributed by atoms with Crippen molar-refractivity contribution >= 4 is 57.5 Å². The van der Waals surface area contributed by atoms with E-state index in [1.165, 1.54) is 11.3 Å². The number of benzene rings is 2. The van der Waals surface area contributed by atoms with Gasteiger partial charge in [0, 0.05) is 22.0 Å². The number of aryl methyl sites for hydroxylation is 1. The van der Waals surface area contributed by atoms with Gasteiger partial charge in [-0.15, -0.1) is 23.1 Å². The second kappa shape index (κ2) is 11.3. The molecule has 2 aromatic carbocycles. The van der Waals surface area contributed by atoms with Crippen molar-refractivity contribution in [1.82, 2.24) is 4.90 Å². The smallest absolute Gasteiger partial charge is 0.341 e. The Balaban J connectivity index is 1.32. The van der Waals surface area contributed by atoms with E-state index in [1.807, 2.05) is 41.3 Å². The number of anilines is 1. The summed E-state index contributed by atoms with van der Waals surface area (Å²) in [6.07, 6.45) is 3.86. The van der Waals surface area contributed by atoms with Crippen molar-refractivity contribution in [2.45, 2.75) is 44.5 Å². The number of nitrogens with one attached hydrogen (secondary N) is 1. The maximum atomic E-state index is 13.1. The Morgan fingerprint density at radius 3 is 2.54 bits per heavy atom. The third kappa shape index (κ3) is 5.56. The molecule has 1 N–H and O–H groups in total. The second-order valence-corrected chi connectivity index (χ2v) is 11.6. The Morgan fingerprint density at radius 1 is 1.08 bits per heavy atom. The molecule has 9 heteroatoms. The fourth-order valence-corrected chi connectivity index (χ4v) is 7.32. The highest BCUT2D eigenvalue weighted by Crippen LogP contribution is 2.41. The summed E-state index contributed by atoms with van der Waals surface area (Å²) in [6.45, 7) is 2.56. The molecule has 0 unspecified atom stereocenters. The number of thioether (sulfide) groups is 1. The Kier molecular flexibility index (Phi) is 7.88. The number of nitrogens with zero attached hydrogens (tertiary/aromatic N) is 1. The van der Waals surface area contributed by atoms with Crippen LogP contribution in [0.3, 0.4) is 0 Å². The van der Waals surface area contributed by atoms with Gasteiger partial charge in [0.15, 0.2) is 0 Å². The first kappa shape index (κ1) is 25.8. The SMILES string of the molecule is CCOC(=O)c1c(NC(=O)c2ccc([C@@H]3SCC(=O)N3Cc3ccc(Cl)cc3)cc2)sc2c1CCCC2. The van der Waals surface area contributed by atoms with Crippen LogP contribution in [0.4, 0.5) is 5.00 Å². The molecule has 192 valence electrons. The van der Waals surface area contributed by atoms with Crippen LogP contribution in [0, 0.1) is 0 Å². The summed E-state index contributed by atoms with van der Waals surface area (Å²) >= 11 is 9.05. The molecule has 0 spiro atoms. The zero-order valence-electron chi connectivity index (χ0n) is 20.4. The molecule has 3 aromatic rings. The standard InChI is InChI=1S/C28H27ClN2O4S2/c1-2-35-28(34)24-21-5-3-4-6-22(21)37-26(24)30-25(33)18-9-11-19(12-10-18)27-31(23(32)16-36-27)15-17-7-13-20(29)14-8-17/h7-14,27H,2-6,15-16H2,1H3,(H,30,33)/t27-/m0/s1. The molecule has 1 fully saturated rings. The molecule has 6 nitrogen and oxygen atoms in total. The minimum Gasteiger partial charge on any atom is -0.462 e. The number of fused-ring (bicyclic) bond motifs is 1. The Hall–Kier alpha value is -2.81. The van der Waals surface area contributed by atoms with Gasteiger partial charge in [0.05, 0.1) is 17.9 Å². The van der Waals surface area contributed by atoms with Crippen molar-refractivity contribution in [1.29, 1.82) is 0 Å². The van der Waals surface area contributed by atoms with Gasteiger partial charge in [-0.2, -0.15) is 0 Å². The largest absolute Gasteiger partial charge is 0.462 e. The van der Waals surface area contributed by atoms with Crippen LogP contribution in [0.25, 0.3) is 0 Å². The molecule has 2 aliphatic rings. The molecule has 5 rings (SSSR count). The maximum Gasteiger partial charge on any atom is 0.341 e. The van der Waals surface area contributed by atoms with E-state index in [4.69, 9.17) is 16.3 Å². The minimum atomic E-state index is -0.378. The number of thiophene rings is 1. The number of halogens is 1. The van der Waals surface area contributed by atoms with Crippen molar-refractivity contribution in [2.75, 3.05) is 17.7 Å². The van der Waals surface area contributed by atoms with Gasteiger partial charge in [0.1, 0.15) is 10.4 Å². The molecule has 0 radical (unpaired) electrons. The first-order valence-corrected chi connectivity index (χ1v) is 14.6. The third-order valence-electron chi connectivity index (χ3n) is 6.57. The average Bonchev–Trinajstić information content (AvgIpc) is 3.45. The van der Waals surface area contributed by atoms with Gasteiger partial charge >= 0.3 is 5.97 Å². The Bertz CT molecular complexity index is 1320. The van der Waals surface area contributed by atoms with Crippen LogP contribution in [0.5, 0.6) is 0 Å². The van der Waals surface area contributed by atoms with E-state index in [9.17, 15) is 14.4 Å². The van der Waals surface area contributed by atoms with Gasteiger partial charge in [-0.05, 0) is 73.6 Å². The van der Waals surface area contributed by atoms with Crippen LogP contribution in [-0.4, -0.2) is 35.0 Å². The van der Waals surface area contributed by atoms with Gasteiger partial charge < -0.3 is 15.0 Å². The summed E-state index contributed by atoms with van der Waals surface area (Å²) in [6, 6.07) is 14.8. The summed E-state index contributed by atoms with van der Waals surface area (Å²) < 4.78 is 5.30. The highest BCUT2D eigenvalue weighted by Gasteiger charge is 2.33. The number of ether oxygens (including phenoxy) is 1. The number of carbonyl (C=O) groups excluding carboxylic acids is 3. The number of esters is 1. The zero-order valence-corrected chi connectivity index (χ0v) is 22.8. The van der Waals surface area contributed by atoms with E-state index >= 15 is 0 Å². The fraction of sp³-hybridized carbons (Fsp3) is 0.321. The zero-order chi connectivity index (χ0) is 25.9. The van der Waals surface area contributed by atoms with Crippen molar-refractivity contribution in [3.8, 4) is 0 Å². The van der Waals surface area contributed by atoms with Crippen molar-refractivity contribution in [2.24, 2.45) is 0 Å². The Morgan fingerprint density at radius 2 is 1.81 bits per heavy atom. The number of amides is 2. The lowest BCUT2D eigenvalue weighted by molar-refractivity contribution is -0.128. The van der Waals surface area contributed by atoms with Crippen molar-refractivity contribution in [3.05, 3.63) is 86.2 Å². The van der Waals surface area contributed by atoms with Gasteiger partial charge in [-0.1, -0.05) is 35.9 Å². The van der Waals surface area contributed by atoms with Crippen LogP contribution in [0.1, 0.15) is 67.4 Å². The normalized spacial score (nSPS) is 17.0. The van der Waals surface area contributed by atoms with Crippen LogP contribution >= 0.6 is 34.7 Å². The number of rotatable bonds is 7. The van der Waals surface area contributed by atoms with E-state index in [-0.39, 0.29) is 29.8 Å². The molecular formula is C28H27ClN2O4S2. The van der Waals surface area contributed by atoms with E-state index in [2.05, 4.69) is 5.32 Å². The molecule has 1 aliphatic carbocycles. The molecule has 1 aromatic heterocycles. The molecular weight excluding hydrogens is 528 g/mol. The highest BCUT2D eigenvalue weighted by atomic mass is 35.5. The van der Waals surface area contributed by atoms with Gasteiger partial charge in [-0.3, -0.25) is 9.59 Å². The predicted octanol–water partition coefficient (Wildman–Crippen LogP) is 6.48. The lowest BCUT2D eigenvalue weighted by Crippen LogP contribution is -2.27. The second-order valence-electron chi connectivity index (χ2n) is 9.02. The van der Waals surface area contributed by atoms with Gasteiger partial charge in [0.25, 0.3) is 5.91 Å². The summed E-state index contributed by atoms with van der Waals surface area (Å²) in [5.41, 5.74) is 3.98. The van der Waals surface area contributed by atoms with Crippen LogP contribution in [0.2, 0.25) is 5.02 Å². The highest BCUT2D eigenvalue weighted by molar-refractivity contribution is 8.00. The molecule has 37 heavy (non-hydrogen) atoms. The summed E-state index contributed by atoms with van der Waals surface area (Å²) in [5.74, 6) is -0.153. The lowest BCUT2D eigenvalue weighted by atomic mass is 9.95. The molecule has 1 saturated heterocycles. The molecule has 2 amide bonds.